The zero-order chi connectivity index (χ0) is 22.5. The van der Waals surface area contributed by atoms with Crippen molar-refractivity contribution in [3.63, 3.8) is 0 Å². The van der Waals surface area contributed by atoms with Crippen molar-refractivity contribution in [1.29, 1.82) is 0 Å². The van der Waals surface area contributed by atoms with Crippen molar-refractivity contribution in [2.24, 2.45) is 0 Å². The van der Waals surface area contributed by atoms with E-state index in [2.05, 4.69) is 4.90 Å². The fraction of sp³-hybridized carbons (Fsp3) is 0.238. The van der Waals surface area contributed by atoms with Crippen LogP contribution in [-0.2, 0) is 0 Å². The minimum atomic E-state index is -0.560. The number of aryl methyl sites for hydroxylation is 1. The number of halogens is 4. The van der Waals surface area contributed by atoms with Gasteiger partial charge >= 0.3 is 5.70 Å². The first-order valence-corrected chi connectivity index (χ1v) is 11.3. The molecule has 0 unspecified atom stereocenters. The largest absolute Gasteiger partial charge is 0.368 e. The van der Waals surface area contributed by atoms with E-state index in [4.69, 9.17) is 34.8 Å². The fourth-order valence-corrected chi connectivity index (χ4v) is 4.62. The molecule has 1 saturated heterocycles. The molecule has 0 saturated carbocycles. The lowest BCUT2D eigenvalue weighted by Gasteiger charge is -2.37. The second kappa shape index (κ2) is 10.6. The van der Waals surface area contributed by atoms with Crippen molar-refractivity contribution in [1.82, 2.24) is 4.90 Å². The highest BCUT2D eigenvalue weighted by molar-refractivity contribution is 8.03. The second-order valence-corrected chi connectivity index (χ2v) is 9.24. The van der Waals surface area contributed by atoms with Gasteiger partial charge in [0.05, 0.1) is 4.92 Å². The lowest BCUT2D eigenvalue weighted by Crippen LogP contribution is -2.46. The van der Waals surface area contributed by atoms with Gasteiger partial charge in [-0.2, -0.15) is 0 Å². The van der Waals surface area contributed by atoms with Crippen molar-refractivity contribution in [2.45, 2.75) is 11.8 Å². The number of nitro groups is 1. The van der Waals surface area contributed by atoms with Crippen LogP contribution in [0.1, 0.15) is 5.56 Å². The molecule has 0 amide bonds. The third-order valence-electron chi connectivity index (χ3n) is 4.75. The summed E-state index contributed by atoms with van der Waals surface area (Å²) in [5.41, 5.74) is 1.65. The van der Waals surface area contributed by atoms with Gasteiger partial charge in [0.2, 0.25) is 0 Å². The smallest absolute Gasteiger partial charge is 0.320 e. The van der Waals surface area contributed by atoms with E-state index in [0.717, 1.165) is 16.1 Å². The van der Waals surface area contributed by atoms with E-state index < -0.39 is 4.92 Å². The zero-order valence-corrected chi connectivity index (χ0v) is 19.6. The van der Waals surface area contributed by atoms with Crippen molar-refractivity contribution < 1.29 is 9.31 Å². The topological polar surface area (TPSA) is 49.6 Å². The summed E-state index contributed by atoms with van der Waals surface area (Å²) in [6, 6.07) is 13.9. The molecular weight excluding hydrogens is 484 g/mol. The maximum atomic E-state index is 13.2. The fourth-order valence-electron chi connectivity index (χ4n) is 3.14. The predicted octanol–water partition coefficient (Wildman–Crippen LogP) is 6.38. The molecular formula is C21H19Cl3FN3O2S. The van der Waals surface area contributed by atoms with Crippen molar-refractivity contribution in [2.75, 3.05) is 31.1 Å². The van der Waals surface area contributed by atoms with Gasteiger partial charge < -0.3 is 9.80 Å². The molecule has 1 heterocycles. The Bertz CT molecular complexity index is 1000. The van der Waals surface area contributed by atoms with Gasteiger partial charge in [-0.15, -0.1) is 0 Å². The van der Waals surface area contributed by atoms with Crippen LogP contribution in [-0.4, -0.2) is 36.0 Å². The van der Waals surface area contributed by atoms with Gasteiger partial charge in [-0.3, -0.25) is 10.1 Å². The Morgan fingerprint density at radius 2 is 1.58 bits per heavy atom. The van der Waals surface area contributed by atoms with Gasteiger partial charge in [-0.1, -0.05) is 64.3 Å². The summed E-state index contributed by atoms with van der Waals surface area (Å²) in [7, 11) is 0. The van der Waals surface area contributed by atoms with Crippen LogP contribution in [0.4, 0.5) is 10.1 Å². The number of nitrogens with zero attached hydrogens (tertiary/aromatic N) is 3. The summed E-state index contributed by atoms with van der Waals surface area (Å²) in [5, 5.41) is 12.0. The van der Waals surface area contributed by atoms with E-state index in [-0.39, 0.29) is 21.0 Å². The zero-order valence-electron chi connectivity index (χ0n) is 16.5. The molecule has 164 valence electrons. The molecule has 1 aliphatic heterocycles. The summed E-state index contributed by atoms with van der Waals surface area (Å²) >= 11 is 19.0. The quantitative estimate of drug-likeness (QED) is 0.198. The van der Waals surface area contributed by atoms with Gasteiger partial charge in [0.1, 0.15) is 10.3 Å². The van der Waals surface area contributed by atoms with Crippen LogP contribution in [0.15, 0.2) is 73.7 Å². The van der Waals surface area contributed by atoms with E-state index in [1.807, 2.05) is 36.1 Å². The standard InChI is InChI=1S/C21H19Cl3FN3O2S/c1-14-2-8-17(9-3-14)31-21(19(28(29)30)18(22)20(23)24)27-12-10-26(11-13-27)16-6-4-15(25)5-7-16/h2-9H,10-13H2,1H3/b21-19-. The summed E-state index contributed by atoms with van der Waals surface area (Å²) in [6.07, 6.45) is 0. The average molecular weight is 503 g/mol. The lowest BCUT2D eigenvalue weighted by molar-refractivity contribution is -0.421. The van der Waals surface area contributed by atoms with Crippen LogP contribution in [0.5, 0.6) is 0 Å². The monoisotopic (exact) mass is 501 g/mol. The number of hydrogen-bond acceptors (Lipinski definition) is 5. The van der Waals surface area contributed by atoms with Gasteiger partial charge in [0, 0.05) is 36.8 Å². The Hall–Kier alpha value is -1.93. The molecule has 0 spiro atoms. The minimum absolute atomic E-state index is 0.294. The second-order valence-electron chi connectivity index (χ2n) is 6.85. The van der Waals surface area contributed by atoms with Crippen LogP contribution >= 0.6 is 46.6 Å². The van der Waals surface area contributed by atoms with Crippen molar-refractivity contribution in [3.8, 4) is 0 Å². The summed E-state index contributed by atoms with van der Waals surface area (Å²) in [4.78, 5) is 16.2. The third-order valence-corrected chi connectivity index (χ3v) is 6.85. The molecule has 0 aromatic heterocycles. The van der Waals surface area contributed by atoms with Gasteiger partial charge in [0.25, 0.3) is 0 Å². The number of benzene rings is 2. The number of anilines is 1. The molecule has 0 radical (unpaired) electrons. The maximum Gasteiger partial charge on any atom is 0.320 e. The Labute approximate surface area is 199 Å². The first-order valence-electron chi connectivity index (χ1n) is 9.36. The Morgan fingerprint density at radius 3 is 2.10 bits per heavy atom. The van der Waals surface area contributed by atoms with E-state index in [1.54, 1.807) is 12.1 Å². The maximum absolute atomic E-state index is 13.2. The summed E-state index contributed by atoms with van der Waals surface area (Å²) in [6.45, 7) is 4.18. The van der Waals surface area contributed by atoms with Crippen LogP contribution in [0.3, 0.4) is 0 Å². The van der Waals surface area contributed by atoms with E-state index in [9.17, 15) is 14.5 Å². The normalized spacial score (nSPS) is 14.9. The number of allylic oxidation sites excluding steroid dienone is 1. The number of thioether (sulfide) groups is 1. The Balaban J connectivity index is 1.92. The van der Waals surface area contributed by atoms with Crippen molar-refractivity contribution in [3.05, 3.63) is 90.3 Å². The molecule has 0 N–H and O–H groups in total. The lowest BCUT2D eigenvalue weighted by atomic mass is 10.2. The third kappa shape index (κ3) is 6.07. The highest BCUT2D eigenvalue weighted by atomic mass is 35.5. The molecule has 0 aliphatic carbocycles. The minimum Gasteiger partial charge on any atom is -0.368 e. The number of piperazine rings is 1. The average Bonchev–Trinajstić information content (AvgIpc) is 2.75. The molecule has 10 heteroatoms. The number of hydrogen-bond donors (Lipinski definition) is 0. The predicted molar refractivity (Wildman–Crippen MR) is 126 cm³/mol. The molecule has 2 aromatic rings. The highest BCUT2D eigenvalue weighted by Gasteiger charge is 2.31. The molecule has 2 aromatic carbocycles. The molecule has 5 nitrogen and oxygen atoms in total. The van der Waals surface area contributed by atoms with Crippen LogP contribution in [0.2, 0.25) is 0 Å². The Morgan fingerprint density at radius 1 is 1.00 bits per heavy atom. The van der Waals surface area contributed by atoms with Crippen LogP contribution < -0.4 is 4.90 Å². The van der Waals surface area contributed by atoms with Gasteiger partial charge in [-0.25, -0.2) is 4.39 Å². The molecule has 0 bridgehead atoms. The van der Waals surface area contributed by atoms with Gasteiger partial charge in [-0.05, 0) is 43.3 Å². The summed E-state index contributed by atoms with van der Waals surface area (Å²) in [5.74, 6) is -0.294. The van der Waals surface area contributed by atoms with E-state index in [1.165, 1.54) is 23.9 Å². The van der Waals surface area contributed by atoms with Crippen LogP contribution in [0.25, 0.3) is 0 Å². The molecule has 31 heavy (non-hydrogen) atoms. The van der Waals surface area contributed by atoms with E-state index >= 15 is 0 Å². The van der Waals surface area contributed by atoms with E-state index in [0.29, 0.717) is 31.2 Å². The summed E-state index contributed by atoms with van der Waals surface area (Å²) < 4.78 is 12.9. The first kappa shape index (κ1) is 23.7. The first-order chi connectivity index (χ1) is 14.8. The molecule has 1 fully saturated rings. The number of rotatable bonds is 6. The Kier molecular flexibility index (Phi) is 8.11. The van der Waals surface area contributed by atoms with Crippen LogP contribution in [0, 0.1) is 22.9 Å². The van der Waals surface area contributed by atoms with Gasteiger partial charge in [0.15, 0.2) is 10.1 Å². The van der Waals surface area contributed by atoms with Crippen molar-refractivity contribution >= 4 is 52.3 Å². The highest BCUT2D eigenvalue weighted by Crippen LogP contribution is 2.38. The molecule has 0 atom stereocenters. The SMILES string of the molecule is Cc1ccc(S/C(=C(/C(Cl)=C(Cl)Cl)[N+](=O)[O-])N2CCN(c3ccc(F)cc3)CC2)cc1. The molecule has 3 rings (SSSR count). The molecule has 1 aliphatic rings.